The summed E-state index contributed by atoms with van der Waals surface area (Å²) in [6.45, 7) is 4.29. The maximum Gasteiger partial charge on any atom is 0.435 e. The Hall–Kier alpha value is -3.37. The molecule has 0 aromatic carbocycles. The van der Waals surface area contributed by atoms with E-state index in [1.54, 1.807) is 30.1 Å². The molecule has 0 unspecified atom stereocenters. The number of hydrogen-bond acceptors (Lipinski definition) is 5. The summed E-state index contributed by atoms with van der Waals surface area (Å²) in [4.78, 5) is 16.5. The number of carbonyl (C=O) groups excluding carboxylic acids is 1. The summed E-state index contributed by atoms with van der Waals surface area (Å²) < 4.78 is 46.4. The molecule has 0 saturated heterocycles. The molecule has 0 radical (unpaired) electrons. The Balaban J connectivity index is 1.79. The number of aromatic nitrogens is 5. The highest BCUT2D eigenvalue weighted by Gasteiger charge is 2.35. The molecule has 3 heterocycles. The molecule has 30 heavy (non-hydrogen) atoms. The van der Waals surface area contributed by atoms with E-state index in [9.17, 15) is 18.0 Å². The third-order valence-electron chi connectivity index (χ3n) is 4.55. The Bertz CT molecular complexity index is 1070. The van der Waals surface area contributed by atoms with E-state index in [0.29, 0.717) is 23.9 Å². The molecule has 0 aliphatic carbocycles. The van der Waals surface area contributed by atoms with Gasteiger partial charge in [0.2, 0.25) is 5.88 Å². The lowest BCUT2D eigenvalue weighted by Crippen LogP contribution is -2.26. The van der Waals surface area contributed by atoms with Crippen LogP contribution < -0.4 is 10.1 Å². The number of halogens is 3. The maximum atomic E-state index is 12.8. The van der Waals surface area contributed by atoms with Gasteiger partial charge in [-0.3, -0.25) is 14.2 Å². The lowest BCUT2D eigenvalue weighted by atomic mass is 10.1. The number of ether oxygens (including phenoxy) is 1. The van der Waals surface area contributed by atoms with Crippen molar-refractivity contribution in [1.29, 1.82) is 0 Å². The van der Waals surface area contributed by atoms with Crippen LogP contribution in [0, 0.1) is 6.92 Å². The van der Waals surface area contributed by atoms with Gasteiger partial charge in [0.25, 0.3) is 5.91 Å². The normalized spacial score (nSPS) is 11.6. The molecule has 160 valence electrons. The van der Waals surface area contributed by atoms with Crippen LogP contribution in [0.4, 0.5) is 13.2 Å². The van der Waals surface area contributed by atoms with Crippen LogP contribution in [-0.4, -0.2) is 37.1 Å². The van der Waals surface area contributed by atoms with E-state index in [2.05, 4.69) is 20.5 Å². The maximum absolute atomic E-state index is 12.8. The lowest BCUT2D eigenvalue weighted by Gasteiger charge is -2.07. The van der Waals surface area contributed by atoms with Gasteiger partial charge in [-0.25, -0.2) is 4.98 Å². The second kappa shape index (κ2) is 8.17. The largest absolute Gasteiger partial charge is 0.478 e. The van der Waals surface area contributed by atoms with E-state index in [1.807, 2.05) is 13.8 Å². The average Bonchev–Trinajstić information content (AvgIpc) is 3.20. The van der Waals surface area contributed by atoms with Gasteiger partial charge in [-0.15, -0.1) is 0 Å². The van der Waals surface area contributed by atoms with Crippen LogP contribution in [0.3, 0.4) is 0 Å². The van der Waals surface area contributed by atoms with Crippen LogP contribution >= 0.6 is 0 Å². The van der Waals surface area contributed by atoms with Crippen molar-refractivity contribution in [3.05, 3.63) is 47.0 Å². The van der Waals surface area contributed by atoms with E-state index in [1.165, 1.54) is 7.05 Å². The van der Waals surface area contributed by atoms with Gasteiger partial charge in [0, 0.05) is 43.6 Å². The van der Waals surface area contributed by atoms with E-state index in [4.69, 9.17) is 4.74 Å². The van der Waals surface area contributed by atoms with Crippen LogP contribution in [0.2, 0.25) is 0 Å². The van der Waals surface area contributed by atoms with Crippen molar-refractivity contribution in [2.75, 3.05) is 6.61 Å². The summed E-state index contributed by atoms with van der Waals surface area (Å²) in [6.07, 6.45) is -2.99. The lowest BCUT2D eigenvalue weighted by molar-refractivity contribution is -0.141. The number of alkyl halides is 3. The van der Waals surface area contributed by atoms with Gasteiger partial charge in [-0.2, -0.15) is 23.4 Å². The molecule has 0 fully saturated rings. The Morgan fingerprint density at radius 2 is 1.93 bits per heavy atom. The minimum absolute atomic E-state index is 0.0874. The van der Waals surface area contributed by atoms with Crippen molar-refractivity contribution < 1.29 is 22.7 Å². The Kier molecular flexibility index (Phi) is 5.81. The molecule has 3 aromatic rings. The van der Waals surface area contributed by atoms with Crippen LogP contribution in [0.5, 0.6) is 5.88 Å². The molecule has 1 amide bonds. The number of aryl methyl sites for hydroxylation is 2. The third-order valence-corrected chi connectivity index (χ3v) is 4.55. The number of carbonyl (C=O) groups is 1. The zero-order valence-electron chi connectivity index (χ0n) is 16.9. The first-order valence-corrected chi connectivity index (χ1v) is 9.13. The van der Waals surface area contributed by atoms with Crippen molar-refractivity contribution in [2.45, 2.75) is 26.6 Å². The topological polar surface area (TPSA) is 86.9 Å². The third kappa shape index (κ3) is 4.29. The predicted octanol–water partition coefficient (Wildman–Crippen LogP) is 2.87. The number of amides is 1. The molecule has 3 rings (SSSR count). The van der Waals surface area contributed by atoms with Gasteiger partial charge in [-0.05, 0) is 19.9 Å². The minimum atomic E-state index is -4.62. The summed E-state index contributed by atoms with van der Waals surface area (Å²) in [5, 5.41) is 10.5. The van der Waals surface area contributed by atoms with Gasteiger partial charge in [0.15, 0.2) is 5.69 Å². The number of nitrogens with one attached hydrogen (secondary N) is 1. The Labute approximate surface area is 170 Å². The first-order chi connectivity index (χ1) is 14.1. The molecule has 11 heteroatoms. The fraction of sp³-hybridized carbons (Fsp3) is 0.368. The van der Waals surface area contributed by atoms with E-state index < -0.39 is 17.8 Å². The number of rotatable bonds is 6. The fourth-order valence-corrected chi connectivity index (χ4v) is 3.04. The van der Waals surface area contributed by atoms with Crippen LogP contribution in [0.1, 0.15) is 34.4 Å². The molecule has 0 saturated carbocycles. The van der Waals surface area contributed by atoms with E-state index >= 15 is 0 Å². The predicted molar refractivity (Wildman–Crippen MR) is 102 cm³/mol. The number of pyridine rings is 1. The quantitative estimate of drug-likeness (QED) is 0.660. The highest BCUT2D eigenvalue weighted by Crippen LogP contribution is 2.29. The van der Waals surface area contributed by atoms with Gasteiger partial charge in [0.05, 0.1) is 24.5 Å². The van der Waals surface area contributed by atoms with E-state index in [0.717, 1.165) is 21.9 Å². The Morgan fingerprint density at radius 1 is 1.20 bits per heavy atom. The first kappa shape index (κ1) is 21.3. The molecular weight excluding hydrogens is 401 g/mol. The molecule has 0 aliphatic heterocycles. The van der Waals surface area contributed by atoms with Crippen molar-refractivity contribution >= 4 is 5.91 Å². The number of hydrogen-bond donors (Lipinski definition) is 1. The summed E-state index contributed by atoms with van der Waals surface area (Å²) in [5.74, 6) is -0.184. The highest BCUT2D eigenvalue weighted by atomic mass is 19.4. The number of nitrogens with zero attached hydrogens (tertiary/aromatic N) is 5. The molecular formula is C19H21F3N6O2. The minimum Gasteiger partial charge on any atom is -0.478 e. The van der Waals surface area contributed by atoms with Gasteiger partial charge in [0.1, 0.15) is 5.69 Å². The van der Waals surface area contributed by atoms with Crippen molar-refractivity contribution in [3.8, 4) is 17.1 Å². The molecule has 0 spiro atoms. The van der Waals surface area contributed by atoms with Gasteiger partial charge < -0.3 is 10.1 Å². The fourth-order valence-electron chi connectivity index (χ4n) is 3.04. The van der Waals surface area contributed by atoms with E-state index in [-0.39, 0.29) is 12.2 Å². The Morgan fingerprint density at radius 3 is 2.57 bits per heavy atom. The summed E-state index contributed by atoms with van der Waals surface area (Å²) in [6, 6.07) is 4.30. The smallest absolute Gasteiger partial charge is 0.435 e. The standard InChI is InChI=1S/C19H21F3N6O2/c1-5-30-16-8-12(6-7-23-16)17-11(2)14(28(4)26-17)10-24-18(29)13-9-15(19(20,21)22)25-27(13)3/h6-9H,5,10H2,1-4H3,(H,24,29). The van der Waals surface area contributed by atoms with Gasteiger partial charge >= 0.3 is 6.18 Å². The molecule has 0 atom stereocenters. The molecule has 8 nitrogen and oxygen atoms in total. The zero-order valence-corrected chi connectivity index (χ0v) is 16.9. The second-order valence-corrected chi connectivity index (χ2v) is 6.58. The van der Waals surface area contributed by atoms with Crippen LogP contribution in [0.25, 0.3) is 11.3 Å². The molecule has 0 aliphatic rings. The molecule has 0 bridgehead atoms. The van der Waals surface area contributed by atoms with Crippen molar-refractivity contribution in [3.63, 3.8) is 0 Å². The monoisotopic (exact) mass is 422 g/mol. The van der Waals surface area contributed by atoms with Crippen LogP contribution in [-0.2, 0) is 26.8 Å². The second-order valence-electron chi connectivity index (χ2n) is 6.58. The molecule has 3 aromatic heterocycles. The summed E-state index contributed by atoms with van der Waals surface area (Å²) >= 11 is 0. The van der Waals surface area contributed by atoms with Gasteiger partial charge in [-0.1, -0.05) is 0 Å². The van der Waals surface area contributed by atoms with Crippen molar-refractivity contribution in [1.82, 2.24) is 29.9 Å². The molecule has 1 N–H and O–H groups in total. The first-order valence-electron chi connectivity index (χ1n) is 9.13. The SMILES string of the molecule is CCOc1cc(-c2nn(C)c(CNC(=O)c3cc(C(F)(F)F)nn3C)c2C)ccn1. The highest BCUT2D eigenvalue weighted by molar-refractivity contribution is 5.92. The van der Waals surface area contributed by atoms with Crippen molar-refractivity contribution in [2.24, 2.45) is 14.1 Å². The average molecular weight is 422 g/mol. The zero-order chi connectivity index (χ0) is 22.1. The summed E-state index contributed by atoms with van der Waals surface area (Å²) in [7, 11) is 3.02. The van der Waals surface area contributed by atoms with Crippen LogP contribution in [0.15, 0.2) is 24.4 Å². The summed E-state index contributed by atoms with van der Waals surface area (Å²) in [5.41, 5.74) is 1.75.